The van der Waals surface area contributed by atoms with Crippen molar-refractivity contribution in [2.24, 2.45) is 0 Å². The first kappa shape index (κ1) is 11.2. The lowest BCUT2D eigenvalue weighted by Gasteiger charge is -2.13. The third-order valence-electron chi connectivity index (χ3n) is 2.45. The summed E-state index contributed by atoms with van der Waals surface area (Å²) in [5, 5.41) is 9.82. The van der Waals surface area contributed by atoms with Crippen LogP contribution < -0.4 is 0 Å². The molecule has 0 saturated heterocycles. The molecule has 2 rings (SSSR count). The molecular formula is C12H13BrN2O. The van der Waals surface area contributed by atoms with Gasteiger partial charge in [-0.3, -0.25) is 0 Å². The van der Waals surface area contributed by atoms with Gasteiger partial charge in [0.15, 0.2) is 4.73 Å². The molecule has 1 aromatic carbocycles. The van der Waals surface area contributed by atoms with Crippen molar-refractivity contribution in [2.75, 3.05) is 0 Å². The summed E-state index contributed by atoms with van der Waals surface area (Å²) in [6.07, 6.45) is 1.76. The van der Waals surface area contributed by atoms with Gasteiger partial charge < -0.3 is 9.67 Å². The zero-order chi connectivity index (χ0) is 11.7. The normalized spacial score (nSPS) is 11.0. The lowest BCUT2D eigenvalue weighted by Crippen LogP contribution is -2.03. The molecule has 0 aliphatic rings. The zero-order valence-corrected chi connectivity index (χ0v) is 10.8. The maximum absolute atomic E-state index is 9.82. The molecule has 4 heteroatoms. The van der Waals surface area contributed by atoms with Gasteiger partial charge in [-0.25, -0.2) is 4.98 Å². The standard InChI is InChI=1S/C12H13BrN2O/c1-8(2)15-10(7-14-12(15)13)9-5-3-4-6-11(9)16/h3-8,16H,1-2H3. The van der Waals surface area contributed by atoms with Crippen molar-refractivity contribution in [3.05, 3.63) is 35.2 Å². The number of hydrogen-bond donors (Lipinski definition) is 1. The molecule has 0 amide bonds. The second-order valence-electron chi connectivity index (χ2n) is 3.89. The monoisotopic (exact) mass is 280 g/mol. The number of aromatic hydroxyl groups is 1. The molecule has 0 atom stereocenters. The number of imidazole rings is 1. The van der Waals surface area contributed by atoms with Crippen molar-refractivity contribution in [1.29, 1.82) is 0 Å². The Kier molecular flexibility index (Phi) is 3.01. The van der Waals surface area contributed by atoms with Gasteiger partial charge in [0.25, 0.3) is 0 Å². The Labute approximate surface area is 103 Å². The van der Waals surface area contributed by atoms with Crippen LogP contribution in [0, 0.1) is 0 Å². The van der Waals surface area contributed by atoms with Gasteiger partial charge in [0.1, 0.15) is 5.75 Å². The summed E-state index contributed by atoms with van der Waals surface area (Å²) in [6.45, 7) is 4.16. The Morgan fingerprint density at radius 1 is 1.31 bits per heavy atom. The first-order chi connectivity index (χ1) is 7.61. The number of nitrogens with zero attached hydrogens (tertiary/aromatic N) is 2. The molecule has 1 heterocycles. The van der Waals surface area contributed by atoms with Crippen molar-refractivity contribution < 1.29 is 5.11 Å². The van der Waals surface area contributed by atoms with Crippen molar-refractivity contribution in [3.63, 3.8) is 0 Å². The summed E-state index contributed by atoms with van der Waals surface area (Å²) in [5.41, 5.74) is 1.72. The predicted molar refractivity (Wildman–Crippen MR) is 67.4 cm³/mol. The molecule has 0 aliphatic heterocycles. The number of para-hydroxylation sites is 1. The van der Waals surface area contributed by atoms with Crippen LogP contribution in [0.5, 0.6) is 5.75 Å². The van der Waals surface area contributed by atoms with E-state index in [9.17, 15) is 5.11 Å². The highest BCUT2D eigenvalue weighted by molar-refractivity contribution is 9.10. The van der Waals surface area contributed by atoms with Gasteiger partial charge in [-0.15, -0.1) is 0 Å². The first-order valence-corrected chi connectivity index (χ1v) is 5.91. The van der Waals surface area contributed by atoms with Crippen molar-refractivity contribution in [2.45, 2.75) is 19.9 Å². The molecule has 84 valence electrons. The van der Waals surface area contributed by atoms with Gasteiger partial charge in [0.2, 0.25) is 0 Å². The lowest BCUT2D eigenvalue weighted by atomic mass is 10.1. The largest absolute Gasteiger partial charge is 0.507 e. The van der Waals surface area contributed by atoms with Gasteiger partial charge in [0, 0.05) is 11.6 Å². The summed E-state index contributed by atoms with van der Waals surface area (Å²) in [4.78, 5) is 4.22. The molecular weight excluding hydrogens is 268 g/mol. The molecule has 0 fully saturated rings. The zero-order valence-electron chi connectivity index (χ0n) is 9.18. The Morgan fingerprint density at radius 2 is 2.00 bits per heavy atom. The fraction of sp³-hybridized carbons (Fsp3) is 0.250. The summed E-state index contributed by atoms with van der Waals surface area (Å²) in [5.74, 6) is 0.275. The molecule has 0 radical (unpaired) electrons. The molecule has 0 unspecified atom stereocenters. The van der Waals surface area contributed by atoms with E-state index in [1.54, 1.807) is 12.3 Å². The number of hydrogen-bond acceptors (Lipinski definition) is 2. The second kappa shape index (κ2) is 4.29. The number of phenolic OH excluding ortho intramolecular Hbond substituents is 1. The number of aromatic nitrogens is 2. The van der Waals surface area contributed by atoms with E-state index in [1.165, 1.54) is 0 Å². The van der Waals surface area contributed by atoms with Gasteiger partial charge in [-0.2, -0.15) is 0 Å². The average molecular weight is 281 g/mol. The molecule has 16 heavy (non-hydrogen) atoms. The highest BCUT2D eigenvalue weighted by Crippen LogP contribution is 2.32. The van der Waals surface area contributed by atoms with Gasteiger partial charge in [-0.1, -0.05) is 12.1 Å². The molecule has 3 nitrogen and oxygen atoms in total. The summed E-state index contributed by atoms with van der Waals surface area (Å²) in [6, 6.07) is 7.56. The second-order valence-corrected chi connectivity index (χ2v) is 4.60. The Morgan fingerprint density at radius 3 is 2.62 bits per heavy atom. The molecule has 1 N–H and O–H groups in total. The number of phenols is 1. The van der Waals surface area contributed by atoms with E-state index in [4.69, 9.17) is 0 Å². The van der Waals surface area contributed by atoms with E-state index in [2.05, 4.69) is 34.8 Å². The smallest absolute Gasteiger partial charge is 0.177 e. The Bertz CT molecular complexity index is 505. The highest BCUT2D eigenvalue weighted by atomic mass is 79.9. The summed E-state index contributed by atoms with van der Waals surface area (Å²) < 4.78 is 2.82. The van der Waals surface area contributed by atoms with Crippen LogP contribution >= 0.6 is 15.9 Å². The average Bonchev–Trinajstić information content (AvgIpc) is 2.61. The van der Waals surface area contributed by atoms with E-state index >= 15 is 0 Å². The van der Waals surface area contributed by atoms with Crippen LogP contribution in [0.4, 0.5) is 0 Å². The summed E-state index contributed by atoms with van der Waals surface area (Å²) in [7, 11) is 0. The topological polar surface area (TPSA) is 38.0 Å². The van der Waals surface area contributed by atoms with Crippen molar-refractivity contribution >= 4 is 15.9 Å². The maximum atomic E-state index is 9.82. The van der Waals surface area contributed by atoms with E-state index in [0.717, 1.165) is 16.0 Å². The van der Waals surface area contributed by atoms with Crippen molar-refractivity contribution in [3.8, 4) is 17.0 Å². The maximum Gasteiger partial charge on any atom is 0.177 e. The number of benzene rings is 1. The first-order valence-electron chi connectivity index (χ1n) is 5.12. The van der Waals surface area contributed by atoms with Crippen LogP contribution in [0.2, 0.25) is 0 Å². The highest BCUT2D eigenvalue weighted by Gasteiger charge is 2.14. The van der Waals surface area contributed by atoms with Crippen LogP contribution in [0.1, 0.15) is 19.9 Å². The lowest BCUT2D eigenvalue weighted by molar-refractivity contribution is 0.476. The number of halogens is 1. The Balaban J connectivity index is 2.61. The van der Waals surface area contributed by atoms with Crippen molar-refractivity contribution in [1.82, 2.24) is 9.55 Å². The molecule has 2 aromatic rings. The minimum atomic E-state index is 0.275. The third-order valence-corrected chi connectivity index (χ3v) is 3.03. The van der Waals surface area contributed by atoms with Crippen LogP contribution in [0.3, 0.4) is 0 Å². The molecule has 0 saturated carbocycles. The molecule has 0 bridgehead atoms. The van der Waals surface area contributed by atoms with Crippen LogP contribution in [0.25, 0.3) is 11.3 Å². The van der Waals surface area contributed by atoms with E-state index in [-0.39, 0.29) is 11.8 Å². The predicted octanol–water partition coefficient (Wildman–Crippen LogP) is 3.60. The molecule has 0 spiro atoms. The number of rotatable bonds is 2. The quantitative estimate of drug-likeness (QED) is 0.913. The Hall–Kier alpha value is -1.29. The minimum Gasteiger partial charge on any atom is -0.507 e. The third kappa shape index (κ3) is 1.85. The van der Waals surface area contributed by atoms with Gasteiger partial charge >= 0.3 is 0 Å². The summed E-state index contributed by atoms with van der Waals surface area (Å²) >= 11 is 3.41. The van der Waals surface area contributed by atoms with Crippen LogP contribution in [0.15, 0.2) is 35.2 Å². The van der Waals surface area contributed by atoms with E-state index < -0.39 is 0 Å². The minimum absolute atomic E-state index is 0.275. The fourth-order valence-electron chi connectivity index (χ4n) is 1.72. The van der Waals surface area contributed by atoms with Crippen LogP contribution in [-0.2, 0) is 0 Å². The van der Waals surface area contributed by atoms with Gasteiger partial charge in [0.05, 0.1) is 11.9 Å². The molecule has 1 aromatic heterocycles. The SMILES string of the molecule is CC(C)n1c(-c2ccccc2O)cnc1Br. The fourth-order valence-corrected chi connectivity index (χ4v) is 2.42. The van der Waals surface area contributed by atoms with E-state index in [0.29, 0.717) is 0 Å². The van der Waals surface area contributed by atoms with Gasteiger partial charge in [-0.05, 0) is 41.9 Å². The van der Waals surface area contributed by atoms with Crippen LogP contribution in [-0.4, -0.2) is 14.7 Å². The molecule has 0 aliphatic carbocycles. The van der Waals surface area contributed by atoms with E-state index in [1.807, 2.05) is 22.8 Å².